The summed E-state index contributed by atoms with van der Waals surface area (Å²) in [4.78, 5) is 26.4. The summed E-state index contributed by atoms with van der Waals surface area (Å²) < 4.78 is 15.9. The van der Waals surface area contributed by atoms with Crippen molar-refractivity contribution in [3.63, 3.8) is 0 Å². The van der Waals surface area contributed by atoms with Crippen LogP contribution < -0.4 is 19.7 Å². The summed E-state index contributed by atoms with van der Waals surface area (Å²) in [5.74, 6) is 0.434. The number of anilines is 1. The van der Waals surface area contributed by atoms with Gasteiger partial charge >= 0.3 is 5.97 Å². The van der Waals surface area contributed by atoms with Gasteiger partial charge in [-0.1, -0.05) is 12.1 Å². The van der Waals surface area contributed by atoms with Gasteiger partial charge in [0.25, 0.3) is 5.91 Å². The Kier molecular flexibility index (Phi) is 5.49. The van der Waals surface area contributed by atoms with Crippen LogP contribution >= 0.6 is 0 Å². The van der Waals surface area contributed by atoms with E-state index in [1.165, 1.54) is 0 Å². The first-order valence-corrected chi connectivity index (χ1v) is 8.58. The average molecular weight is 370 g/mol. The molecule has 1 aliphatic heterocycles. The molecule has 0 bridgehead atoms. The molecule has 0 unspecified atom stereocenters. The van der Waals surface area contributed by atoms with Gasteiger partial charge in [-0.3, -0.25) is 4.79 Å². The first kappa shape index (κ1) is 18.6. The van der Waals surface area contributed by atoms with Gasteiger partial charge in [-0.2, -0.15) is 0 Å². The monoisotopic (exact) mass is 370 g/mol. The molecule has 0 aromatic heterocycles. The summed E-state index contributed by atoms with van der Waals surface area (Å²) in [5.41, 5.74) is 2.14. The first-order valence-electron chi connectivity index (χ1n) is 8.58. The molecule has 7 nitrogen and oxygen atoms in total. The van der Waals surface area contributed by atoms with E-state index in [2.05, 4.69) is 5.32 Å². The molecule has 0 spiro atoms. The molecule has 0 saturated heterocycles. The maximum Gasteiger partial charge on any atom is 0.338 e. The summed E-state index contributed by atoms with van der Waals surface area (Å²) in [5, 5.41) is 2.76. The fraction of sp³-hybridized carbons (Fsp3) is 0.300. The Labute approximate surface area is 157 Å². The SMILES string of the molecule is C[C@@H](OC(=O)c1cccc(N(C)C)c1)C(=O)NCc1ccc2c(c1)OCO2. The summed E-state index contributed by atoms with van der Waals surface area (Å²) in [6.45, 7) is 2.04. The molecule has 1 heterocycles. The molecule has 1 amide bonds. The largest absolute Gasteiger partial charge is 0.454 e. The van der Waals surface area contributed by atoms with Crippen LogP contribution in [0.2, 0.25) is 0 Å². The Morgan fingerprint density at radius 1 is 1.15 bits per heavy atom. The van der Waals surface area contributed by atoms with E-state index in [1.54, 1.807) is 31.2 Å². The zero-order valence-electron chi connectivity index (χ0n) is 15.5. The molecular weight excluding hydrogens is 348 g/mol. The molecular formula is C20H22N2O5. The summed E-state index contributed by atoms with van der Waals surface area (Å²) in [7, 11) is 3.77. The van der Waals surface area contributed by atoms with Gasteiger partial charge in [0.1, 0.15) is 0 Å². The predicted molar refractivity (Wildman–Crippen MR) is 100 cm³/mol. The second-order valence-corrected chi connectivity index (χ2v) is 6.40. The number of amides is 1. The van der Waals surface area contributed by atoms with Crippen molar-refractivity contribution in [1.29, 1.82) is 0 Å². The number of nitrogens with zero attached hydrogens (tertiary/aromatic N) is 1. The van der Waals surface area contributed by atoms with Crippen LogP contribution in [0, 0.1) is 0 Å². The van der Waals surface area contributed by atoms with Crippen molar-refractivity contribution in [3.8, 4) is 11.5 Å². The highest BCUT2D eigenvalue weighted by Gasteiger charge is 2.20. The van der Waals surface area contributed by atoms with Crippen molar-refractivity contribution in [2.45, 2.75) is 19.6 Å². The van der Waals surface area contributed by atoms with Gasteiger partial charge in [0.2, 0.25) is 6.79 Å². The second-order valence-electron chi connectivity index (χ2n) is 6.40. The minimum absolute atomic E-state index is 0.202. The van der Waals surface area contributed by atoms with Crippen molar-refractivity contribution in [2.75, 3.05) is 25.8 Å². The van der Waals surface area contributed by atoms with Crippen molar-refractivity contribution in [3.05, 3.63) is 53.6 Å². The first-order chi connectivity index (χ1) is 12.9. The van der Waals surface area contributed by atoms with E-state index in [9.17, 15) is 9.59 Å². The van der Waals surface area contributed by atoms with E-state index in [0.717, 1.165) is 11.3 Å². The van der Waals surface area contributed by atoms with Crippen LogP contribution in [0.25, 0.3) is 0 Å². The van der Waals surface area contributed by atoms with E-state index < -0.39 is 12.1 Å². The Hall–Kier alpha value is -3.22. The van der Waals surface area contributed by atoms with Gasteiger partial charge in [0.15, 0.2) is 17.6 Å². The number of hydrogen-bond donors (Lipinski definition) is 1. The Morgan fingerprint density at radius 3 is 2.70 bits per heavy atom. The van der Waals surface area contributed by atoms with E-state index in [1.807, 2.05) is 37.2 Å². The van der Waals surface area contributed by atoms with Crippen LogP contribution in [-0.4, -0.2) is 38.9 Å². The van der Waals surface area contributed by atoms with Crippen molar-refractivity contribution in [1.82, 2.24) is 5.32 Å². The zero-order chi connectivity index (χ0) is 19.4. The minimum Gasteiger partial charge on any atom is -0.454 e. The van der Waals surface area contributed by atoms with E-state index in [-0.39, 0.29) is 12.7 Å². The fourth-order valence-electron chi connectivity index (χ4n) is 2.58. The number of hydrogen-bond acceptors (Lipinski definition) is 6. The molecule has 0 saturated carbocycles. The van der Waals surface area contributed by atoms with Crippen LogP contribution in [0.5, 0.6) is 11.5 Å². The predicted octanol–water partition coefficient (Wildman–Crippen LogP) is 2.34. The van der Waals surface area contributed by atoms with Gasteiger partial charge in [-0.05, 0) is 42.8 Å². The minimum atomic E-state index is -0.908. The highest BCUT2D eigenvalue weighted by molar-refractivity contribution is 5.93. The van der Waals surface area contributed by atoms with E-state index >= 15 is 0 Å². The lowest BCUT2D eigenvalue weighted by Crippen LogP contribution is -2.35. The number of ether oxygens (including phenoxy) is 3. The number of carbonyl (C=O) groups is 2. The number of fused-ring (bicyclic) bond motifs is 1. The molecule has 27 heavy (non-hydrogen) atoms. The Morgan fingerprint density at radius 2 is 1.93 bits per heavy atom. The molecule has 1 aliphatic rings. The quantitative estimate of drug-likeness (QED) is 0.787. The molecule has 3 rings (SSSR count). The van der Waals surface area contributed by atoms with Gasteiger partial charge in [0.05, 0.1) is 5.56 Å². The number of rotatable bonds is 6. The lowest BCUT2D eigenvalue weighted by molar-refractivity contribution is -0.129. The van der Waals surface area contributed by atoms with E-state index in [0.29, 0.717) is 23.6 Å². The molecule has 0 aliphatic carbocycles. The van der Waals surface area contributed by atoms with Crippen molar-refractivity contribution >= 4 is 17.6 Å². The zero-order valence-corrected chi connectivity index (χ0v) is 15.5. The molecule has 2 aromatic rings. The lowest BCUT2D eigenvalue weighted by atomic mass is 10.2. The molecule has 2 aromatic carbocycles. The number of nitrogens with one attached hydrogen (secondary N) is 1. The Bertz CT molecular complexity index is 850. The maximum atomic E-state index is 12.3. The van der Waals surface area contributed by atoms with Crippen LogP contribution in [0.15, 0.2) is 42.5 Å². The number of esters is 1. The number of benzene rings is 2. The fourth-order valence-corrected chi connectivity index (χ4v) is 2.58. The summed E-state index contributed by atoms with van der Waals surface area (Å²) in [6.07, 6.45) is -0.908. The number of carbonyl (C=O) groups excluding carboxylic acids is 2. The molecule has 7 heteroatoms. The molecule has 1 N–H and O–H groups in total. The molecule has 1 atom stereocenters. The third kappa shape index (κ3) is 4.49. The third-order valence-corrected chi connectivity index (χ3v) is 4.16. The standard InChI is InChI=1S/C20H22N2O5/c1-13(27-20(24)15-5-4-6-16(10-15)22(2)3)19(23)21-11-14-7-8-17-18(9-14)26-12-25-17/h4-10,13H,11-12H2,1-3H3,(H,21,23)/t13-/m1/s1. The normalized spacial score (nSPS) is 13.0. The topological polar surface area (TPSA) is 77.1 Å². The van der Waals surface area contributed by atoms with Gasteiger partial charge in [-0.25, -0.2) is 4.79 Å². The van der Waals surface area contributed by atoms with Crippen LogP contribution in [0.3, 0.4) is 0 Å². The average Bonchev–Trinajstić information content (AvgIpc) is 3.13. The third-order valence-electron chi connectivity index (χ3n) is 4.16. The second kappa shape index (κ2) is 7.99. The van der Waals surface area contributed by atoms with E-state index in [4.69, 9.17) is 14.2 Å². The molecule has 0 radical (unpaired) electrons. The summed E-state index contributed by atoms with van der Waals surface area (Å²) >= 11 is 0. The van der Waals surface area contributed by atoms with Crippen LogP contribution in [-0.2, 0) is 16.1 Å². The van der Waals surface area contributed by atoms with Crippen LogP contribution in [0.4, 0.5) is 5.69 Å². The van der Waals surface area contributed by atoms with Gasteiger partial charge in [-0.15, -0.1) is 0 Å². The van der Waals surface area contributed by atoms with Crippen molar-refractivity contribution < 1.29 is 23.8 Å². The lowest BCUT2D eigenvalue weighted by Gasteiger charge is -2.16. The van der Waals surface area contributed by atoms with Crippen molar-refractivity contribution in [2.24, 2.45) is 0 Å². The van der Waals surface area contributed by atoms with Gasteiger partial charge in [0, 0.05) is 26.3 Å². The highest BCUT2D eigenvalue weighted by atomic mass is 16.7. The van der Waals surface area contributed by atoms with Crippen LogP contribution in [0.1, 0.15) is 22.8 Å². The highest BCUT2D eigenvalue weighted by Crippen LogP contribution is 2.32. The Balaban J connectivity index is 1.54. The maximum absolute atomic E-state index is 12.3. The molecule has 0 fully saturated rings. The molecule has 142 valence electrons. The van der Waals surface area contributed by atoms with Gasteiger partial charge < -0.3 is 24.4 Å². The summed E-state index contributed by atoms with van der Waals surface area (Å²) in [6, 6.07) is 12.5. The smallest absolute Gasteiger partial charge is 0.338 e.